The smallest absolute Gasteiger partial charge is 0.260 e. The van der Waals surface area contributed by atoms with Crippen LogP contribution >= 0.6 is 0 Å². The standard InChI is InChI=1S/C18H16N4O3/c23-16(12-24-15-6-2-1-3-7-15)22-10-14(11-22)18-20-17(21-25-18)13-5-4-8-19-9-13/h1-9,14H,10-12H2. The normalized spacial score (nSPS) is 14.2. The van der Waals surface area contributed by atoms with Gasteiger partial charge in [0.25, 0.3) is 5.91 Å². The van der Waals surface area contributed by atoms with Gasteiger partial charge in [-0.25, -0.2) is 0 Å². The summed E-state index contributed by atoms with van der Waals surface area (Å²) in [7, 11) is 0. The van der Waals surface area contributed by atoms with Crippen LogP contribution < -0.4 is 4.74 Å². The van der Waals surface area contributed by atoms with Crippen LogP contribution in [0.5, 0.6) is 5.75 Å². The highest BCUT2D eigenvalue weighted by Gasteiger charge is 2.35. The van der Waals surface area contributed by atoms with Crippen LogP contribution in [0.15, 0.2) is 59.4 Å². The van der Waals surface area contributed by atoms with Crippen molar-refractivity contribution in [3.8, 4) is 17.1 Å². The van der Waals surface area contributed by atoms with Gasteiger partial charge in [0, 0.05) is 31.0 Å². The number of carbonyl (C=O) groups is 1. The second-order valence-corrected chi connectivity index (χ2v) is 5.80. The quantitative estimate of drug-likeness (QED) is 0.710. The van der Waals surface area contributed by atoms with E-state index >= 15 is 0 Å². The molecule has 1 fully saturated rings. The average molecular weight is 336 g/mol. The maximum Gasteiger partial charge on any atom is 0.260 e. The lowest BCUT2D eigenvalue weighted by atomic mass is 10.0. The van der Waals surface area contributed by atoms with Crippen LogP contribution in [0.2, 0.25) is 0 Å². The number of amides is 1. The molecule has 0 unspecified atom stereocenters. The molecule has 1 amide bonds. The van der Waals surface area contributed by atoms with Crippen LogP contribution in [0, 0.1) is 0 Å². The first-order chi connectivity index (χ1) is 12.3. The molecule has 1 aliphatic heterocycles. The van der Waals surface area contributed by atoms with E-state index in [1.165, 1.54) is 0 Å². The minimum absolute atomic E-state index is 0.0293. The molecule has 0 saturated carbocycles. The fraction of sp³-hybridized carbons (Fsp3) is 0.222. The SMILES string of the molecule is O=C(COc1ccccc1)N1CC(c2nc(-c3cccnc3)no2)C1. The molecule has 2 aromatic heterocycles. The lowest BCUT2D eigenvalue weighted by Gasteiger charge is -2.36. The summed E-state index contributed by atoms with van der Waals surface area (Å²) >= 11 is 0. The predicted octanol–water partition coefficient (Wildman–Crippen LogP) is 2.14. The lowest BCUT2D eigenvalue weighted by Crippen LogP contribution is -2.50. The molecule has 3 aromatic rings. The van der Waals surface area contributed by atoms with Gasteiger partial charge in [0.1, 0.15) is 5.75 Å². The van der Waals surface area contributed by atoms with Crippen LogP contribution in [-0.4, -0.2) is 45.6 Å². The molecule has 0 bridgehead atoms. The molecule has 1 saturated heterocycles. The molecule has 3 heterocycles. The van der Waals surface area contributed by atoms with Crippen molar-refractivity contribution in [1.29, 1.82) is 0 Å². The van der Waals surface area contributed by atoms with E-state index in [0.717, 1.165) is 5.56 Å². The van der Waals surface area contributed by atoms with Crippen molar-refractivity contribution in [3.05, 3.63) is 60.7 Å². The molecule has 7 nitrogen and oxygen atoms in total. The maximum absolute atomic E-state index is 12.1. The summed E-state index contributed by atoms with van der Waals surface area (Å²) in [6.07, 6.45) is 3.38. The summed E-state index contributed by atoms with van der Waals surface area (Å²) in [6, 6.07) is 13.0. The number of carbonyl (C=O) groups excluding carboxylic acids is 1. The Morgan fingerprint density at radius 2 is 2.04 bits per heavy atom. The van der Waals surface area contributed by atoms with Crippen LogP contribution in [0.25, 0.3) is 11.4 Å². The van der Waals surface area contributed by atoms with Crippen LogP contribution in [0.1, 0.15) is 11.8 Å². The minimum Gasteiger partial charge on any atom is -0.484 e. The van der Waals surface area contributed by atoms with Crippen molar-refractivity contribution >= 4 is 5.91 Å². The Hall–Kier alpha value is -3.22. The molecule has 1 aliphatic rings. The zero-order valence-electron chi connectivity index (χ0n) is 13.4. The second kappa shape index (κ2) is 6.72. The zero-order chi connectivity index (χ0) is 17.1. The molecule has 1 aromatic carbocycles. The highest BCUT2D eigenvalue weighted by Crippen LogP contribution is 2.27. The average Bonchev–Trinajstić information content (AvgIpc) is 3.10. The Morgan fingerprint density at radius 1 is 1.20 bits per heavy atom. The second-order valence-electron chi connectivity index (χ2n) is 5.80. The summed E-state index contributed by atoms with van der Waals surface area (Å²) < 4.78 is 10.8. The molecule has 126 valence electrons. The summed E-state index contributed by atoms with van der Waals surface area (Å²) in [4.78, 5) is 22.3. The number of nitrogens with zero attached hydrogens (tertiary/aromatic N) is 4. The first kappa shape index (κ1) is 15.3. The van der Waals surface area contributed by atoms with Crippen molar-refractivity contribution in [2.45, 2.75) is 5.92 Å². The molecule has 0 atom stereocenters. The third-order valence-electron chi connectivity index (χ3n) is 4.05. The number of pyridine rings is 1. The fourth-order valence-corrected chi connectivity index (χ4v) is 2.60. The number of para-hydroxylation sites is 1. The Balaban J connectivity index is 1.30. The summed E-state index contributed by atoms with van der Waals surface area (Å²) in [5.74, 6) is 1.77. The number of likely N-dealkylation sites (tertiary alicyclic amines) is 1. The molecule has 0 spiro atoms. The van der Waals surface area contributed by atoms with Gasteiger partial charge in [0.2, 0.25) is 11.7 Å². The summed E-state index contributed by atoms with van der Waals surface area (Å²) in [5, 5.41) is 3.98. The lowest BCUT2D eigenvalue weighted by molar-refractivity contribution is -0.138. The van der Waals surface area contributed by atoms with Crippen molar-refractivity contribution < 1.29 is 14.1 Å². The molecule has 7 heteroatoms. The number of aromatic nitrogens is 3. The maximum atomic E-state index is 12.1. The van der Waals surface area contributed by atoms with Crippen LogP contribution in [-0.2, 0) is 4.79 Å². The third-order valence-corrected chi connectivity index (χ3v) is 4.05. The van der Waals surface area contributed by atoms with E-state index in [-0.39, 0.29) is 18.4 Å². The minimum atomic E-state index is -0.0490. The van der Waals surface area contributed by atoms with Gasteiger partial charge in [-0.15, -0.1) is 0 Å². The monoisotopic (exact) mass is 336 g/mol. The molecule has 0 aliphatic carbocycles. The molecule has 0 N–H and O–H groups in total. The topological polar surface area (TPSA) is 81.4 Å². The van der Waals surface area contributed by atoms with Crippen molar-refractivity contribution in [3.63, 3.8) is 0 Å². The van der Waals surface area contributed by atoms with E-state index in [4.69, 9.17) is 9.26 Å². The van der Waals surface area contributed by atoms with E-state index in [1.54, 1.807) is 17.3 Å². The van der Waals surface area contributed by atoms with E-state index in [1.807, 2.05) is 42.5 Å². The van der Waals surface area contributed by atoms with E-state index < -0.39 is 0 Å². The van der Waals surface area contributed by atoms with Gasteiger partial charge in [-0.1, -0.05) is 23.4 Å². The number of rotatable bonds is 5. The Kier molecular flexibility index (Phi) is 4.12. The number of hydrogen-bond acceptors (Lipinski definition) is 6. The summed E-state index contributed by atoms with van der Waals surface area (Å²) in [6.45, 7) is 1.15. The van der Waals surface area contributed by atoms with Crippen molar-refractivity contribution in [1.82, 2.24) is 20.0 Å². The number of ether oxygens (including phenoxy) is 1. The molecule has 0 radical (unpaired) electrons. The van der Waals surface area contributed by atoms with Gasteiger partial charge in [0.05, 0.1) is 5.92 Å². The van der Waals surface area contributed by atoms with E-state index in [0.29, 0.717) is 30.6 Å². The van der Waals surface area contributed by atoms with Gasteiger partial charge in [-0.2, -0.15) is 4.98 Å². The fourth-order valence-electron chi connectivity index (χ4n) is 2.60. The Morgan fingerprint density at radius 3 is 2.80 bits per heavy atom. The van der Waals surface area contributed by atoms with Crippen molar-refractivity contribution in [2.24, 2.45) is 0 Å². The van der Waals surface area contributed by atoms with E-state index in [9.17, 15) is 4.79 Å². The largest absolute Gasteiger partial charge is 0.484 e. The first-order valence-electron chi connectivity index (χ1n) is 7.99. The summed E-state index contributed by atoms with van der Waals surface area (Å²) in [5.41, 5.74) is 0.806. The predicted molar refractivity (Wildman–Crippen MR) is 88.8 cm³/mol. The zero-order valence-corrected chi connectivity index (χ0v) is 13.4. The molecule has 25 heavy (non-hydrogen) atoms. The molecular weight excluding hydrogens is 320 g/mol. The number of hydrogen-bond donors (Lipinski definition) is 0. The Bertz CT molecular complexity index is 845. The van der Waals surface area contributed by atoms with Crippen LogP contribution in [0.3, 0.4) is 0 Å². The van der Waals surface area contributed by atoms with Gasteiger partial charge in [-0.3, -0.25) is 9.78 Å². The Labute approximate surface area is 144 Å². The molecular formula is C18H16N4O3. The number of benzene rings is 1. The van der Waals surface area contributed by atoms with Crippen molar-refractivity contribution in [2.75, 3.05) is 19.7 Å². The van der Waals surface area contributed by atoms with Gasteiger partial charge >= 0.3 is 0 Å². The highest BCUT2D eigenvalue weighted by molar-refractivity contribution is 5.78. The van der Waals surface area contributed by atoms with Crippen LogP contribution in [0.4, 0.5) is 0 Å². The van der Waals surface area contributed by atoms with Gasteiger partial charge < -0.3 is 14.2 Å². The van der Waals surface area contributed by atoms with Gasteiger partial charge in [-0.05, 0) is 24.3 Å². The third kappa shape index (κ3) is 3.35. The molecule has 4 rings (SSSR count). The first-order valence-corrected chi connectivity index (χ1v) is 7.99. The van der Waals surface area contributed by atoms with E-state index in [2.05, 4.69) is 15.1 Å². The highest BCUT2D eigenvalue weighted by atomic mass is 16.5. The van der Waals surface area contributed by atoms with Gasteiger partial charge in [0.15, 0.2) is 6.61 Å².